The van der Waals surface area contributed by atoms with Gasteiger partial charge in [-0.2, -0.15) is 0 Å². The van der Waals surface area contributed by atoms with Crippen molar-refractivity contribution in [2.75, 3.05) is 0 Å². The molecule has 0 saturated heterocycles. The molecule has 3 aromatic rings. The van der Waals surface area contributed by atoms with Gasteiger partial charge in [-0.15, -0.1) is 13.2 Å². The van der Waals surface area contributed by atoms with E-state index in [1.54, 1.807) is 12.1 Å². The molecular weight excluding hydrogens is 365 g/mol. The summed E-state index contributed by atoms with van der Waals surface area (Å²) in [4.78, 5) is 0. The maximum Gasteiger partial charge on any atom is 0.573 e. The third-order valence-electron chi connectivity index (χ3n) is 4.27. The number of para-hydroxylation sites is 1. The third kappa shape index (κ3) is 3.57. The van der Waals surface area contributed by atoms with Crippen LogP contribution in [0.3, 0.4) is 0 Å². The minimum atomic E-state index is -4.68. The highest BCUT2D eigenvalue weighted by molar-refractivity contribution is 5.47. The van der Waals surface area contributed by atoms with Crippen molar-refractivity contribution in [1.29, 1.82) is 0 Å². The predicted molar refractivity (Wildman–Crippen MR) is 87.6 cm³/mol. The number of nitrogens with one attached hydrogen (secondary N) is 1. The first kappa shape index (κ1) is 18.4. The minimum absolute atomic E-state index is 0. The van der Waals surface area contributed by atoms with Gasteiger partial charge < -0.3 is 27.0 Å². The molecule has 136 valence electrons. The number of benzene rings is 2. The highest BCUT2D eigenvalue weighted by atomic mass is 35.5. The largest absolute Gasteiger partial charge is 1.00 e. The monoisotopic (exact) mass is 379 g/mol. The van der Waals surface area contributed by atoms with Crippen LogP contribution >= 0.6 is 0 Å². The van der Waals surface area contributed by atoms with Gasteiger partial charge >= 0.3 is 6.36 Å². The Balaban J connectivity index is 0.00000196. The van der Waals surface area contributed by atoms with E-state index >= 15 is 0 Å². The van der Waals surface area contributed by atoms with Crippen molar-refractivity contribution < 1.29 is 30.3 Å². The molecule has 0 spiro atoms. The Labute approximate surface area is 154 Å². The van der Waals surface area contributed by atoms with E-state index in [4.69, 9.17) is 0 Å². The summed E-state index contributed by atoms with van der Waals surface area (Å²) in [7, 11) is 0. The number of ether oxygens (including phenoxy) is 1. The molecule has 2 heterocycles. The normalized spacial score (nSPS) is 16.0. The first-order valence-electron chi connectivity index (χ1n) is 7.86. The van der Waals surface area contributed by atoms with Crippen LogP contribution in [0.4, 0.5) is 13.2 Å². The van der Waals surface area contributed by atoms with Crippen LogP contribution in [-0.2, 0) is 6.54 Å². The molecule has 0 fully saturated rings. The van der Waals surface area contributed by atoms with Gasteiger partial charge in [0.25, 0.3) is 0 Å². The van der Waals surface area contributed by atoms with Gasteiger partial charge in [-0.05, 0) is 41.5 Å². The number of halogens is 4. The van der Waals surface area contributed by atoms with Gasteiger partial charge in [0.05, 0.1) is 6.04 Å². The van der Waals surface area contributed by atoms with Crippen LogP contribution in [0.25, 0.3) is 5.69 Å². The van der Waals surface area contributed by atoms with Crippen molar-refractivity contribution in [1.82, 2.24) is 9.88 Å². The third-order valence-corrected chi connectivity index (χ3v) is 4.27. The molecule has 4 rings (SSSR count). The van der Waals surface area contributed by atoms with Crippen molar-refractivity contribution in [3.63, 3.8) is 0 Å². The standard InChI is InChI=1S/C19H15F3N2O.ClH/c20-19(21,22)25-15-9-7-13(8-10-15)18-17-6-3-11-24(17)16-5-2-1-4-14(16)12-23-18;/h1-11,18,23H,12H2;1H/p-1. The fourth-order valence-electron chi connectivity index (χ4n) is 3.21. The fourth-order valence-corrected chi connectivity index (χ4v) is 3.21. The average molecular weight is 380 g/mol. The molecule has 0 aliphatic carbocycles. The van der Waals surface area contributed by atoms with E-state index < -0.39 is 6.36 Å². The summed E-state index contributed by atoms with van der Waals surface area (Å²) < 4.78 is 43.0. The van der Waals surface area contributed by atoms with Crippen molar-refractivity contribution in [3.05, 3.63) is 83.7 Å². The van der Waals surface area contributed by atoms with E-state index in [1.165, 1.54) is 17.7 Å². The van der Waals surface area contributed by atoms with E-state index in [0.29, 0.717) is 6.54 Å². The van der Waals surface area contributed by atoms with Gasteiger partial charge in [-0.25, -0.2) is 0 Å². The number of alkyl halides is 3. The summed E-state index contributed by atoms with van der Waals surface area (Å²) in [5.41, 5.74) is 4.19. The maximum atomic E-state index is 12.3. The molecule has 0 amide bonds. The van der Waals surface area contributed by atoms with Crippen molar-refractivity contribution in [2.45, 2.75) is 18.9 Å². The number of rotatable bonds is 2. The summed E-state index contributed by atoms with van der Waals surface area (Å²) in [6.07, 6.45) is -2.69. The molecule has 3 nitrogen and oxygen atoms in total. The molecule has 1 aromatic heterocycles. The van der Waals surface area contributed by atoms with Crippen LogP contribution in [-0.4, -0.2) is 10.9 Å². The summed E-state index contributed by atoms with van der Waals surface area (Å²) in [5.74, 6) is -0.219. The van der Waals surface area contributed by atoms with Gasteiger partial charge in [0.15, 0.2) is 0 Å². The second-order valence-electron chi connectivity index (χ2n) is 5.86. The maximum absolute atomic E-state index is 12.3. The molecule has 0 radical (unpaired) electrons. The highest BCUT2D eigenvalue weighted by Gasteiger charge is 2.31. The Morgan fingerprint density at radius 3 is 2.42 bits per heavy atom. The van der Waals surface area contributed by atoms with Crippen LogP contribution in [0.1, 0.15) is 22.9 Å². The number of fused-ring (bicyclic) bond motifs is 3. The Morgan fingerprint density at radius 2 is 1.69 bits per heavy atom. The van der Waals surface area contributed by atoms with E-state index in [-0.39, 0.29) is 24.2 Å². The van der Waals surface area contributed by atoms with Gasteiger partial charge in [-0.1, -0.05) is 30.3 Å². The number of hydrogen-bond acceptors (Lipinski definition) is 2. The van der Waals surface area contributed by atoms with Crippen LogP contribution in [0.5, 0.6) is 5.75 Å². The molecule has 1 N–H and O–H groups in total. The Morgan fingerprint density at radius 1 is 0.962 bits per heavy atom. The predicted octanol–water partition coefficient (Wildman–Crippen LogP) is 1.57. The van der Waals surface area contributed by atoms with Crippen molar-refractivity contribution in [2.24, 2.45) is 0 Å². The molecule has 26 heavy (non-hydrogen) atoms. The van der Waals surface area contributed by atoms with Gasteiger partial charge in [-0.3, -0.25) is 0 Å². The second-order valence-corrected chi connectivity index (χ2v) is 5.86. The zero-order chi connectivity index (χ0) is 17.4. The highest BCUT2D eigenvalue weighted by Crippen LogP contribution is 2.31. The quantitative estimate of drug-likeness (QED) is 0.731. The lowest BCUT2D eigenvalue weighted by Crippen LogP contribution is -3.00. The van der Waals surface area contributed by atoms with E-state index in [0.717, 1.165) is 16.9 Å². The topological polar surface area (TPSA) is 26.2 Å². The lowest BCUT2D eigenvalue weighted by Gasteiger charge is -2.18. The minimum Gasteiger partial charge on any atom is -1.00 e. The lowest BCUT2D eigenvalue weighted by atomic mass is 10.0. The molecule has 1 atom stereocenters. The smallest absolute Gasteiger partial charge is 0.573 e. The van der Waals surface area contributed by atoms with Gasteiger partial charge in [0.1, 0.15) is 5.75 Å². The van der Waals surface area contributed by atoms with E-state index in [2.05, 4.69) is 26.8 Å². The SMILES string of the molecule is FC(F)(F)Oc1ccc(C2NCc3ccccc3-n3cccc32)cc1.[Cl-]. The molecular formula is C19H15ClF3N2O-. The average Bonchev–Trinajstić information content (AvgIpc) is 2.99. The van der Waals surface area contributed by atoms with E-state index in [9.17, 15) is 13.2 Å². The first-order chi connectivity index (χ1) is 12.0. The molecule has 0 bridgehead atoms. The molecule has 0 saturated carbocycles. The summed E-state index contributed by atoms with van der Waals surface area (Å²) in [6, 6.07) is 18.0. The van der Waals surface area contributed by atoms with Crippen LogP contribution in [0.2, 0.25) is 0 Å². The molecule has 1 aliphatic rings. The van der Waals surface area contributed by atoms with Crippen LogP contribution in [0.15, 0.2) is 66.9 Å². The zero-order valence-electron chi connectivity index (χ0n) is 13.5. The zero-order valence-corrected chi connectivity index (χ0v) is 14.3. The Kier molecular flexibility index (Phi) is 4.98. The van der Waals surface area contributed by atoms with Gasteiger partial charge in [0.2, 0.25) is 0 Å². The molecule has 2 aromatic carbocycles. The fraction of sp³-hybridized carbons (Fsp3) is 0.158. The summed E-state index contributed by atoms with van der Waals surface area (Å²) in [6.45, 7) is 0.670. The molecule has 7 heteroatoms. The van der Waals surface area contributed by atoms with Gasteiger partial charge in [0, 0.05) is 24.1 Å². The first-order valence-corrected chi connectivity index (χ1v) is 7.86. The number of hydrogen-bond donors (Lipinski definition) is 1. The lowest BCUT2D eigenvalue weighted by molar-refractivity contribution is -0.274. The second kappa shape index (κ2) is 7.05. The van der Waals surface area contributed by atoms with Crippen LogP contribution in [0, 0.1) is 0 Å². The van der Waals surface area contributed by atoms with E-state index in [1.807, 2.05) is 30.5 Å². The summed E-state index contributed by atoms with van der Waals surface area (Å²) >= 11 is 0. The number of aromatic nitrogens is 1. The summed E-state index contributed by atoms with van der Waals surface area (Å²) in [5, 5.41) is 3.48. The van der Waals surface area contributed by atoms with Crippen molar-refractivity contribution in [3.8, 4) is 11.4 Å². The number of nitrogens with zero attached hydrogens (tertiary/aromatic N) is 1. The Bertz CT molecular complexity index is 890. The Hall–Kier alpha value is -2.44. The van der Waals surface area contributed by atoms with Crippen LogP contribution < -0.4 is 22.5 Å². The molecule has 1 aliphatic heterocycles. The molecule has 1 unspecified atom stereocenters. The van der Waals surface area contributed by atoms with Crippen molar-refractivity contribution >= 4 is 0 Å².